The Balaban J connectivity index is 1.44. The third-order valence-corrected chi connectivity index (χ3v) is 5.90. The van der Waals surface area contributed by atoms with E-state index in [9.17, 15) is 19.2 Å². The molecule has 4 rings (SSSR count). The summed E-state index contributed by atoms with van der Waals surface area (Å²) in [6.07, 6.45) is 0.208. The van der Waals surface area contributed by atoms with Crippen molar-refractivity contribution < 1.29 is 23.9 Å². The van der Waals surface area contributed by atoms with Gasteiger partial charge in [0.25, 0.3) is 11.8 Å². The predicted molar refractivity (Wildman–Crippen MR) is 124 cm³/mol. The van der Waals surface area contributed by atoms with Crippen LogP contribution in [0, 0.1) is 0 Å². The van der Waals surface area contributed by atoms with E-state index in [2.05, 4.69) is 10.6 Å². The Kier molecular flexibility index (Phi) is 6.80. The molecule has 0 radical (unpaired) electrons. The zero-order valence-electron chi connectivity index (χ0n) is 17.5. The number of amides is 3. The summed E-state index contributed by atoms with van der Waals surface area (Å²) in [6.45, 7) is -0.726. The molecule has 0 spiro atoms. The minimum atomic E-state index is -0.980. The molecule has 2 aromatic carbocycles. The molecule has 2 N–H and O–H groups in total. The van der Waals surface area contributed by atoms with Crippen LogP contribution in [0.2, 0.25) is 0 Å². The van der Waals surface area contributed by atoms with Crippen LogP contribution in [0.15, 0.2) is 72.1 Å². The smallest absolute Gasteiger partial charge is 0.329 e. The minimum Gasteiger partial charge on any atom is -0.454 e. The Labute approximate surface area is 194 Å². The number of para-hydroxylation sites is 2. The molecule has 1 aliphatic heterocycles. The lowest BCUT2D eigenvalue weighted by atomic mass is 10.1. The highest BCUT2D eigenvalue weighted by Gasteiger charge is 2.29. The summed E-state index contributed by atoms with van der Waals surface area (Å²) in [5.74, 6) is -1.99. The predicted octanol–water partition coefficient (Wildman–Crippen LogP) is 2.62. The minimum absolute atomic E-state index is 0.171. The van der Waals surface area contributed by atoms with Gasteiger partial charge in [0, 0.05) is 6.42 Å². The number of anilines is 2. The molecule has 1 atom stereocenters. The molecule has 168 valence electrons. The largest absolute Gasteiger partial charge is 0.454 e. The number of nitrogens with zero attached hydrogens (tertiary/aromatic N) is 1. The first-order valence-corrected chi connectivity index (χ1v) is 11.1. The molecule has 0 unspecified atom stereocenters. The molecule has 9 heteroatoms. The molecule has 0 saturated heterocycles. The van der Waals surface area contributed by atoms with Crippen molar-refractivity contribution in [2.24, 2.45) is 0 Å². The van der Waals surface area contributed by atoms with Gasteiger partial charge >= 0.3 is 5.97 Å². The molecule has 0 saturated carbocycles. The standard InChI is InChI=1S/C24H21N3O5S/c28-21-14-27(19-10-5-4-9-17(19)25-21)22(29)15-32-24(31)18(13-16-7-2-1-3-8-16)26-23(30)20-11-6-12-33-20/h1-12,18H,13-15H2,(H,25,28)(H,26,30)/t18-/m1/s1. The van der Waals surface area contributed by atoms with Crippen LogP contribution < -0.4 is 15.5 Å². The van der Waals surface area contributed by atoms with Crippen LogP contribution in [0.1, 0.15) is 15.2 Å². The van der Waals surface area contributed by atoms with Gasteiger partial charge in [-0.15, -0.1) is 11.3 Å². The van der Waals surface area contributed by atoms with E-state index < -0.39 is 30.4 Å². The summed E-state index contributed by atoms with van der Waals surface area (Å²) >= 11 is 1.26. The van der Waals surface area contributed by atoms with Crippen molar-refractivity contribution in [3.8, 4) is 0 Å². The fraction of sp³-hybridized carbons (Fsp3) is 0.167. The SMILES string of the molecule is O=C1CN(C(=O)COC(=O)[C@@H](Cc2ccccc2)NC(=O)c2cccs2)c2ccccc2N1. The summed E-state index contributed by atoms with van der Waals surface area (Å²) in [5, 5.41) is 7.17. The summed E-state index contributed by atoms with van der Waals surface area (Å²) in [4.78, 5) is 51.9. The molecule has 3 aromatic rings. The van der Waals surface area contributed by atoms with E-state index in [-0.39, 0.29) is 18.9 Å². The number of carbonyl (C=O) groups is 4. The van der Waals surface area contributed by atoms with E-state index in [0.717, 1.165) is 5.56 Å². The molecule has 3 amide bonds. The molecular formula is C24H21N3O5S. The van der Waals surface area contributed by atoms with E-state index in [1.54, 1.807) is 41.8 Å². The fourth-order valence-corrected chi connectivity index (χ4v) is 4.07. The first-order chi connectivity index (χ1) is 16.0. The van der Waals surface area contributed by atoms with E-state index in [1.165, 1.54) is 16.2 Å². The Morgan fingerprint density at radius 1 is 1.03 bits per heavy atom. The number of hydrogen-bond donors (Lipinski definition) is 2. The zero-order chi connectivity index (χ0) is 23.2. The number of fused-ring (bicyclic) bond motifs is 1. The molecule has 0 aliphatic carbocycles. The highest BCUT2D eigenvalue weighted by Crippen LogP contribution is 2.28. The van der Waals surface area contributed by atoms with Crippen molar-refractivity contribution in [1.29, 1.82) is 0 Å². The number of esters is 1. The van der Waals surface area contributed by atoms with Gasteiger partial charge in [-0.25, -0.2) is 4.79 Å². The van der Waals surface area contributed by atoms with Gasteiger partial charge in [-0.3, -0.25) is 19.3 Å². The van der Waals surface area contributed by atoms with Crippen molar-refractivity contribution in [1.82, 2.24) is 5.32 Å². The Bertz CT molecular complexity index is 1160. The van der Waals surface area contributed by atoms with Gasteiger partial charge in [0.15, 0.2) is 6.61 Å². The van der Waals surface area contributed by atoms with Gasteiger partial charge in [0.05, 0.1) is 16.3 Å². The zero-order valence-corrected chi connectivity index (χ0v) is 18.3. The van der Waals surface area contributed by atoms with E-state index >= 15 is 0 Å². The lowest BCUT2D eigenvalue weighted by Crippen LogP contribution is -2.46. The Hall–Kier alpha value is -3.98. The summed E-state index contributed by atoms with van der Waals surface area (Å²) in [6, 6.07) is 18.5. The van der Waals surface area contributed by atoms with Crippen LogP contribution >= 0.6 is 11.3 Å². The van der Waals surface area contributed by atoms with Crippen LogP contribution in [0.5, 0.6) is 0 Å². The number of ether oxygens (including phenoxy) is 1. The maximum absolute atomic E-state index is 12.9. The molecule has 8 nitrogen and oxygen atoms in total. The van der Waals surface area contributed by atoms with Crippen molar-refractivity contribution in [3.63, 3.8) is 0 Å². The monoisotopic (exact) mass is 463 g/mol. The third kappa shape index (κ3) is 5.45. The van der Waals surface area contributed by atoms with Crippen LogP contribution in [0.3, 0.4) is 0 Å². The van der Waals surface area contributed by atoms with Crippen molar-refractivity contribution >= 4 is 46.4 Å². The van der Waals surface area contributed by atoms with Crippen molar-refractivity contribution in [2.75, 3.05) is 23.4 Å². The van der Waals surface area contributed by atoms with Crippen LogP contribution in [-0.2, 0) is 25.5 Å². The van der Waals surface area contributed by atoms with Gasteiger partial charge in [0.1, 0.15) is 12.6 Å². The van der Waals surface area contributed by atoms with E-state index in [1.807, 2.05) is 30.3 Å². The van der Waals surface area contributed by atoms with Gasteiger partial charge in [-0.2, -0.15) is 0 Å². The van der Waals surface area contributed by atoms with E-state index in [4.69, 9.17) is 4.74 Å². The lowest BCUT2D eigenvalue weighted by molar-refractivity contribution is -0.149. The Morgan fingerprint density at radius 2 is 1.79 bits per heavy atom. The quantitative estimate of drug-likeness (QED) is 0.524. The lowest BCUT2D eigenvalue weighted by Gasteiger charge is -2.29. The topological polar surface area (TPSA) is 105 Å². The summed E-state index contributed by atoms with van der Waals surface area (Å²) in [5.41, 5.74) is 1.88. The summed E-state index contributed by atoms with van der Waals surface area (Å²) < 4.78 is 5.29. The number of hydrogen-bond acceptors (Lipinski definition) is 6. The second kappa shape index (κ2) is 10.1. The van der Waals surface area contributed by atoms with Gasteiger partial charge < -0.3 is 15.4 Å². The average Bonchev–Trinajstić information content (AvgIpc) is 3.37. The second-order valence-corrected chi connectivity index (χ2v) is 8.29. The third-order valence-electron chi connectivity index (χ3n) is 5.03. The number of benzene rings is 2. The number of nitrogens with one attached hydrogen (secondary N) is 2. The Morgan fingerprint density at radius 3 is 2.55 bits per heavy atom. The van der Waals surface area contributed by atoms with Crippen LogP contribution in [0.4, 0.5) is 11.4 Å². The second-order valence-electron chi connectivity index (χ2n) is 7.35. The number of carbonyl (C=O) groups excluding carboxylic acids is 4. The molecule has 33 heavy (non-hydrogen) atoms. The normalized spacial score (nSPS) is 13.5. The number of rotatable bonds is 7. The van der Waals surface area contributed by atoms with Crippen LogP contribution in [0.25, 0.3) is 0 Å². The van der Waals surface area contributed by atoms with Crippen molar-refractivity contribution in [2.45, 2.75) is 12.5 Å². The first kappa shape index (κ1) is 22.2. The van der Waals surface area contributed by atoms with Crippen molar-refractivity contribution in [3.05, 3.63) is 82.6 Å². The molecule has 0 fully saturated rings. The average molecular weight is 464 g/mol. The number of thiophene rings is 1. The maximum atomic E-state index is 12.9. The molecular weight excluding hydrogens is 442 g/mol. The van der Waals surface area contributed by atoms with Gasteiger partial charge in [-0.1, -0.05) is 48.5 Å². The first-order valence-electron chi connectivity index (χ1n) is 10.3. The molecule has 2 heterocycles. The van der Waals surface area contributed by atoms with Gasteiger partial charge in [0.2, 0.25) is 5.91 Å². The van der Waals surface area contributed by atoms with Crippen LogP contribution in [-0.4, -0.2) is 42.9 Å². The highest BCUT2D eigenvalue weighted by molar-refractivity contribution is 7.12. The highest BCUT2D eigenvalue weighted by atomic mass is 32.1. The maximum Gasteiger partial charge on any atom is 0.329 e. The molecule has 1 aliphatic rings. The van der Waals surface area contributed by atoms with E-state index in [0.29, 0.717) is 16.3 Å². The fourth-order valence-electron chi connectivity index (χ4n) is 3.45. The summed E-state index contributed by atoms with van der Waals surface area (Å²) in [7, 11) is 0. The molecule has 0 bridgehead atoms. The molecule has 1 aromatic heterocycles. The van der Waals surface area contributed by atoms with Gasteiger partial charge in [-0.05, 0) is 29.1 Å².